The Morgan fingerprint density at radius 3 is 2.89 bits per heavy atom. The number of aromatic nitrogens is 5. The fourth-order valence-electron chi connectivity index (χ4n) is 3.56. The number of rotatable bonds is 4. The lowest BCUT2D eigenvalue weighted by Gasteiger charge is -2.18. The number of pyridine rings is 1. The van der Waals surface area contributed by atoms with E-state index < -0.39 is 0 Å². The first-order valence-electron chi connectivity index (χ1n) is 9.18. The number of fused-ring (bicyclic) bond motifs is 2. The molecule has 28 heavy (non-hydrogen) atoms. The molecule has 1 aromatic carbocycles. The minimum absolute atomic E-state index is 0.134. The van der Waals surface area contributed by atoms with Gasteiger partial charge in [0.1, 0.15) is 12.1 Å². The first-order chi connectivity index (χ1) is 13.7. The van der Waals surface area contributed by atoms with Crippen molar-refractivity contribution < 1.29 is 0 Å². The molecule has 0 unspecified atom stereocenters. The number of hydrogen-bond acceptors (Lipinski definition) is 6. The number of anilines is 2. The lowest BCUT2D eigenvalue weighted by Crippen LogP contribution is -2.23. The fraction of sp³-hybridized carbons (Fsp3) is 0.263. The Hall–Kier alpha value is -3.13. The summed E-state index contributed by atoms with van der Waals surface area (Å²) in [4.78, 5) is 26.5. The molecule has 3 aromatic heterocycles. The number of nitrogens with zero attached hydrogens (tertiary/aromatic N) is 5. The minimum Gasteiger partial charge on any atom is -0.366 e. The van der Waals surface area contributed by atoms with Crippen molar-refractivity contribution in [2.45, 2.75) is 19.4 Å². The van der Waals surface area contributed by atoms with E-state index in [1.807, 2.05) is 18.2 Å². The second kappa shape index (κ2) is 6.79. The van der Waals surface area contributed by atoms with Gasteiger partial charge < -0.3 is 15.2 Å². The molecule has 1 aliphatic rings. The summed E-state index contributed by atoms with van der Waals surface area (Å²) in [5.74, 6) is 1.43. The Kier molecular flexibility index (Phi) is 4.12. The Labute approximate surface area is 165 Å². The van der Waals surface area contributed by atoms with Gasteiger partial charge in [-0.05, 0) is 37.1 Å². The molecule has 2 N–H and O–H groups in total. The van der Waals surface area contributed by atoms with Crippen LogP contribution in [-0.2, 0) is 6.54 Å². The van der Waals surface area contributed by atoms with Crippen molar-refractivity contribution >= 4 is 39.9 Å². The zero-order chi connectivity index (χ0) is 19.1. The fourth-order valence-corrected chi connectivity index (χ4v) is 3.75. The number of benzene rings is 1. The van der Waals surface area contributed by atoms with Crippen molar-refractivity contribution in [3.63, 3.8) is 0 Å². The molecule has 4 heterocycles. The molecule has 0 spiro atoms. The van der Waals surface area contributed by atoms with Crippen LogP contribution in [-0.4, -0.2) is 37.7 Å². The Morgan fingerprint density at radius 1 is 1.18 bits per heavy atom. The van der Waals surface area contributed by atoms with Crippen LogP contribution < -0.4 is 15.8 Å². The standard InChI is InChI=1S/C19H18ClN7O/c20-14-3-4-15-12(8-14)7-13(18(28)24-15)10-21-16-9-17-22-11-23-27(17)19(25-16)26-5-1-2-6-26/h3-4,7-9,11,21H,1-2,5-6,10H2,(H,24,28). The molecule has 1 saturated heterocycles. The monoisotopic (exact) mass is 395 g/mol. The van der Waals surface area contributed by atoms with Gasteiger partial charge in [-0.3, -0.25) is 4.79 Å². The van der Waals surface area contributed by atoms with Crippen molar-refractivity contribution in [1.82, 2.24) is 24.6 Å². The first-order valence-corrected chi connectivity index (χ1v) is 9.56. The van der Waals surface area contributed by atoms with E-state index in [1.54, 1.807) is 16.6 Å². The maximum absolute atomic E-state index is 12.4. The molecular formula is C19H18ClN7O. The quantitative estimate of drug-likeness (QED) is 0.552. The molecule has 9 heteroatoms. The van der Waals surface area contributed by atoms with E-state index >= 15 is 0 Å². The smallest absolute Gasteiger partial charge is 0.253 e. The van der Waals surface area contributed by atoms with Crippen LogP contribution in [0.5, 0.6) is 0 Å². The highest BCUT2D eigenvalue weighted by molar-refractivity contribution is 6.31. The first kappa shape index (κ1) is 17.0. The van der Waals surface area contributed by atoms with Gasteiger partial charge in [-0.25, -0.2) is 4.98 Å². The molecule has 0 radical (unpaired) electrons. The van der Waals surface area contributed by atoms with Gasteiger partial charge in [-0.2, -0.15) is 14.6 Å². The van der Waals surface area contributed by atoms with Gasteiger partial charge in [0.15, 0.2) is 5.65 Å². The van der Waals surface area contributed by atoms with Gasteiger partial charge in [-0.1, -0.05) is 11.6 Å². The Bertz CT molecular complexity index is 1230. The van der Waals surface area contributed by atoms with Gasteiger partial charge in [0.05, 0.1) is 0 Å². The van der Waals surface area contributed by atoms with Crippen LogP contribution in [0.2, 0.25) is 5.02 Å². The number of H-pyrrole nitrogens is 1. The van der Waals surface area contributed by atoms with Crippen molar-refractivity contribution in [2.75, 3.05) is 23.3 Å². The van der Waals surface area contributed by atoms with Crippen LogP contribution in [0.4, 0.5) is 11.8 Å². The summed E-state index contributed by atoms with van der Waals surface area (Å²) in [5, 5.41) is 9.06. The third kappa shape index (κ3) is 3.05. The molecule has 1 aliphatic heterocycles. The molecule has 4 aromatic rings. The van der Waals surface area contributed by atoms with Gasteiger partial charge >= 0.3 is 0 Å². The molecule has 5 rings (SSSR count). The van der Waals surface area contributed by atoms with Crippen LogP contribution in [0.15, 0.2) is 41.5 Å². The van der Waals surface area contributed by atoms with Crippen molar-refractivity contribution in [3.8, 4) is 0 Å². The average Bonchev–Trinajstić information content (AvgIpc) is 3.37. The SMILES string of the molecule is O=c1[nH]c2ccc(Cl)cc2cc1CNc1cc2ncnn2c(N2CCCC2)n1. The molecular weight excluding hydrogens is 378 g/mol. The largest absolute Gasteiger partial charge is 0.366 e. The van der Waals surface area contributed by atoms with Crippen molar-refractivity contribution in [3.05, 3.63) is 57.6 Å². The van der Waals surface area contributed by atoms with Crippen LogP contribution in [0.1, 0.15) is 18.4 Å². The van der Waals surface area contributed by atoms with Gasteiger partial charge in [0.25, 0.3) is 5.56 Å². The van der Waals surface area contributed by atoms with Crippen LogP contribution in [0.3, 0.4) is 0 Å². The maximum Gasteiger partial charge on any atom is 0.253 e. The van der Waals surface area contributed by atoms with Crippen molar-refractivity contribution in [2.24, 2.45) is 0 Å². The van der Waals surface area contributed by atoms with E-state index in [9.17, 15) is 4.79 Å². The highest BCUT2D eigenvalue weighted by Gasteiger charge is 2.18. The van der Waals surface area contributed by atoms with Gasteiger partial charge in [-0.15, -0.1) is 0 Å². The van der Waals surface area contributed by atoms with Crippen LogP contribution in [0.25, 0.3) is 16.6 Å². The van der Waals surface area contributed by atoms with E-state index in [0.717, 1.165) is 48.4 Å². The van der Waals surface area contributed by atoms with E-state index in [-0.39, 0.29) is 5.56 Å². The maximum atomic E-state index is 12.4. The van der Waals surface area contributed by atoms with Crippen LogP contribution >= 0.6 is 11.6 Å². The molecule has 0 atom stereocenters. The van der Waals surface area contributed by atoms with Gasteiger partial charge in [0.2, 0.25) is 5.95 Å². The molecule has 0 aliphatic carbocycles. The summed E-state index contributed by atoms with van der Waals surface area (Å²) in [7, 11) is 0. The number of nitrogens with one attached hydrogen (secondary N) is 2. The normalized spacial score (nSPS) is 14.2. The minimum atomic E-state index is -0.134. The number of hydrogen-bond donors (Lipinski definition) is 2. The second-order valence-corrected chi connectivity index (χ2v) is 7.31. The zero-order valence-corrected chi connectivity index (χ0v) is 15.8. The van der Waals surface area contributed by atoms with E-state index in [4.69, 9.17) is 16.6 Å². The predicted octanol–water partition coefficient (Wildman–Crippen LogP) is 2.83. The summed E-state index contributed by atoms with van der Waals surface area (Å²) in [6, 6.07) is 9.08. The summed E-state index contributed by atoms with van der Waals surface area (Å²) < 4.78 is 1.75. The van der Waals surface area contributed by atoms with Gasteiger partial charge in [0, 0.05) is 47.2 Å². The third-order valence-electron chi connectivity index (χ3n) is 4.98. The van der Waals surface area contributed by atoms with Crippen molar-refractivity contribution in [1.29, 1.82) is 0 Å². The van der Waals surface area contributed by atoms with E-state index in [0.29, 0.717) is 22.9 Å². The second-order valence-electron chi connectivity index (χ2n) is 6.87. The molecule has 1 fully saturated rings. The molecule has 0 bridgehead atoms. The Morgan fingerprint density at radius 2 is 2.04 bits per heavy atom. The summed E-state index contributed by atoms with van der Waals surface area (Å²) in [6.07, 6.45) is 3.81. The molecule has 0 saturated carbocycles. The lowest BCUT2D eigenvalue weighted by molar-refractivity contribution is 0.824. The average molecular weight is 396 g/mol. The summed E-state index contributed by atoms with van der Waals surface area (Å²) in [5.41, 5.74) is 1.96. The Balaban J connectivity index is 1.46. The molecule has 0 amide bonds. The number of aromatic amines is 1. The lowest BCUT2D eigenvalue weighted by atomic mass is 10.1. The molecule has 8 nitrogen and oxygen atoms in total. The highest BCUT2D eigenvalue weighted by Crippen LogP contribution is 2.22. The number of halogens is 1. The van der Waals surface area contributed by atoms with E-state index in [1.165, 1.54) is 6.33 Å². The predicted molar refractivity (Wildman–Crippen MR) is 109 cm³/mol. The third-order valence-corrected chi connectivity index (χ3v) is 5.22. The summed E-state index contributed by atoms with van der Waals surface area (Å²) in [6.45, 7) is 2.25. The highest BCUT2D eigenvalue weighted by atomic mass is 35.5. The summed E-state index contributed by atoms with van der Waals surface area (Å²) >= 11 is 6.07. The van der Waals surface area contributed by atoms with E-state index in [2.05, 4.69) is 25.3 Å². The van der Waals surface area contributed by atoms with Crippen LogP contribution in [0, 0.1) is 0 Å². The topological polar surface area (TPSA) is 91.2 Å². The zero-order valence-electron chi connectivity index (χ0n) is 15.0. The molecule has 142 valence electrons.